The summed E-state index contributed by atoms with van der Waals surface area (Å²) in [6.45, 7) is 1.21. The molecule has 0 radical (unpaired) electrons. The highest BCUT2D eigenvalue weighted by Crippen LogP contribution is 2.40. The third-order valence-electron chi connectivity index (χ3n) is 6.21. The van der Waals surface area contributed by atoms with Crippen molar-refractivity contribution in [3.63, 3.8) is 0 Å². The number of benzene rings is 4. The Morgan fingerprint density at radius 3 is 1.69 bits per heavy atom. The summed E-state index contributed by atoms with van der Waals surface area (Å²) in [4.78, 5) is 48.5. The minimum atomic E-state index is -1.29. The van der Waals surface area contributed by atoms with Gasteiger partial charge in [-0.2, -0.15) is 9.36 Å². The van der Waals surface area contributed by atoms with E-state index in [1.807, 2.05) is 91.0 Å². The molecule has 0 saturated carbocycles. The monoisotopic (exact) mass is 575 g/mol. The summed E-state index contributed by atoms with van der Waals surface area (Å²) >= 11 is 0.865. The van der Waals surface area contributed by atoms with Crippen molar-refractivity contribution in [1.29, 1.82) is 0 Å². The second-order valence-corrected chi connectivity index (χ2v) is 9.82. The van der Waals surface area contributed by atoms with E-state index in [1.165, 1.54) is 6.92 Å². The van der Waals surface area contributed by atoms with E-state index >= 15 is 0 Å². The number of aromatic nitrogens is 2. The van der Waals surface area contributed by atoms with E-state index in [0.29, 0.717) is 5.56 Å². The summed E-state index contributed by atoms with van der Waals surface area (Å²) in [7, 11) is 0. The molecule has 208 valence electrons. The van der Waals surface area contributed by atoms with Crippen LogP contribution < -0.4 is 10.6 Å². The van der Waals surface area contributed by atoms with Gasteiger partial charge in [-0.05, 0) is 12.1 Å². The van der Waals surface area contributed by atoms with Crippen LogP contribution in [0.3, 0.4) is 0 Å². The predicted octanol–water partition coefficient (Wildman–Crippen LogP) is 5.17. The summed E-state index contributed by atoms with van der Waals surface area (Å²) < 4.78 is 4.24. The first-order valence-corrected chi connectivity index (χ1v) is 13.7. The number of carbonyl (C=O) groups is 3. The lowest BCUT2D eigenvalue weighted by atomic mass is 9.80. The molecule has 5 rings (SSSR count). The zero-order chi connectivity index (χ0) is 29.4. The molecule has 0 unspecified atom stereocenters. The number of hydrogen-bond donors (Lipinski definition) is 2. The molecule has 1 aromatic heterocycles. The molecule has 0 saturated heterocycles. The fourth-order valence-corrected chi connectivity index (χ4v) is 4.89. The van der Waals surface area contributed by atoms with Crippen LogP contribution in [0.4, 0.5) is 5.13 Å². The minimum Gasteiger partial charge on any atom is -0.374 e. The number of oxime groups is 1. The molecule has 0 aliphatic carbocycles. The van der Waals surface area contributed by atoms with E-state index in [4.69, 9.17) is 4.84 Å². The van der Waals surface area contributed by atoms with Gasteiger partial charge in [0.05, 0.1) is 0 Å². The second kappa shape index (κ2) is 12.8. The fourth-order valence-electron chi connectivity index (χ4n) is 4.32. The van der Waals surface area contributed by atoms with Gasteiger partial charge in [-0.15, -0.1) is 0 Å². The van der Waals surface area contributed by atoms with Gasteiger partial charge >= 0.3 is 0 Å². The number of nitrogens with zero attached hydrogens (tertiary/aromatic N) is 3. The van der Waals surface area contributed by atoms with Crippen molar-refractivity contribution in [2.24, 2.45) is 5.16 Å². The van der Waals surface area contributed by atoms with Gasteiger partial charge in [0.1, 0.15) is 0 Å². The van der Waals surface area contributed by atoms with E-state index in [-0.39, 0.29) is 16.7 Å². The molecule has 0 bridgehead atoms. The van der Waals surface area contributed by atoms with E-state index in [1.54, 1.807) is 30.3 Å². The Morgan fingerprint density at radius 1 is 0.738 bits per heavy atom. The lowest BCUT2D eigenvalue weighted by molar-refractivity contribution is -0.125. The van der Waals surface area contributed by atoms with Crippen molar-refractivity contribution < 1.29 is 19.2 Å². The largest absolute Gasteiger partial charge is 0.374 e. The van der Waals surface area contributed by atoms with Gasteiger partial charge in [0.25, 0.3) is 11.8 Å². The molecule has 4 aromatic carbocycles. The standard InChI is InChI=1S/C32H25N5O4S/c1-22(38)33-30(40)27(28-34-31(42-37-28)35-29(39)23-14-6-2-7-15-23)36-41-32(24-16-8-3-9-17-24,25-18-10-4-11-19-25)26-20-12-5-13-21-26/h2-21H,1H3,(H,33,38,40)(H,34,35,37,39)/b36-27-. The Labute approximate surface area is 246 Å². The SMILES string of the molecule is CC(=O)NC(=O)/C(=N\OC(c1ccccc1)(c1ccccc1)c1ccccc1)c1nsc(NC(=O)c2ccccc2)n1. The molecular weight excluding hydrogens is 550 g/mol. The van der Waals surface area contributed by atoms with Crippen molar-refractivity contribution >= 4 is 40.1 Å². The molecular formula is C32H25N5O4S. The Hall–Kier alpha value is -5.48. The molecule has 5 aromatic rings. The van der Waals surface area contributed by atoms with E-state index < -0.39 is 23.3 Å². The normalized spacial score (nSPS) is 11.4. The van der Waals surface area contributed by atoms with Crippen molar-refractivity contribution in [1.82, 2.24) is 14.7 Å². The van der Waals surface area contributed by atoms with Gasteiger partial charge in [0, 0.05) is 40.7 Å². The van der Waals surface area contributed by atoms with E-state index in [9.17, 15) is 14.4 Å². The van der Waals surface area contributed by atoms with Crippen molar-refractivity contribution in [2.45, 2.75) is 12.5 Å². The van der Waals surface area contributed by atoms with Crippen molar-refractivity contribution in [2.75, 3.05) is 5.32 Å². The van der Waals surface area contributed by atoms with Gasteiger partial charge in [-0.25, -0.2) is 0 Å². The van der Waals surface area contributed by atoms with Crippen LogP contribution in [0.5, 0.6) is 0 Å². The molecule has 0 aliphatic rings. The molecule has 3 amide bonds. The van der Waals surface area contributed by atoms with Crippen LogP contribution >= 0.6 is 11.5 Å². The minimum absolute atomic E-state index is 0.120. The smallest absolute Gasteiger partial charge is 0.283 e. The quantitative estimate of drug-likeness (QED) is 0.142. The van der Waals surface area contributed by atoms with Crippen LogP contribution in [0.2, 0.25) is 0 Å². The molecule has 0 aliphatic heterocycles. The lowest BCUT2D eigenvalue weighted by Crippen LogP contribution is -2.37. The van der Waals surface area contributed by atoms with Gasteiger partial charge in [0.15, 0.2) is 0 Å². The van der Waals surface area contributed by atoms with Crippen molar-refractivity contribution in [3.8, 4) is 0 Å². The molecule has 42 heavy (non-hydrogen) atoms. The lowest BCUT2D eigenvalue weighted by Gasteiger charge is -2.33. The topological polar surface area (TPSA) is 123 Å². The molecule has 2 N–H and O–H groups in total. The Bertz CT molecular complexity index is 1610. The highest BCUT2D eigenvalue weighted by Gasteiger charge is 2.40. The summed E-state index contributed by atoms with van der Waals surface area (Å²) in [5.74, 6) is -1.96. The van der Waals surface area contributed by atoms with Crippen LogP contribution in [0.25, 0.3) is 0 Å². The average Bonchev–Trinajstić information content (AvgIpc) is 3.48. The first-order chi connectivity index (χ1) is 20.5. The predicted molar refractivity (Wildman–Crippen MR) is 160 cm³/mol. The highest BCUT2D eigenvalue weighted by molar-refractivity contribution is 7.10. The summed E-state index contributed by atoms with van der Waals surface area (Å²) in [5, 5.41) is 9.36. The van der Waals surface area contributed by atoms with E-state index in [2.05, 4.69) is 25.1 Å². The van der Waals surface area contributed by atoms with Crippen LogP contribution in [0, 0.1) is 0 Å². The summed E-state index contributed by atoms with van der Waals surface area (Å²) in [6, 6.07) is 37.0. The van der Waals surface area contributed by atoms with Crippen molar-refractivity contribution in [3.05, 3.63) is 149 Å². The highest BCUT2D eigenvalue weighted by atomic mass is 32.1. The number of carbonyl (C=O) groups excluding carboxylic acids is 3. The third kappa shape index (κ3) is 6.13. The van der Waals surface area contributed by atoms with Crippen LogP contribution in [-0.4, -0.2) is 32.8 Å². The number of amides is 3. The molecule has 9 nitrogen and oxygen atoms in total. The zero-order valence-electron chi connectivity index (χ0n) is 22.4. The first-order valence-electron chi connectivity index (χ1n) is 12.9. The maximum absolute atomic E-state index is 13.2. The maximum atomic E-state index is 13.2. The molecule has 0 fully saturated rings. The van der Waals surface area contributed by atoms with Gasteiger partial charge in [-0.1, -0.05) is 114 Å². The molecule has 10 heteroatoms. The van der Waals surface area contributed by atoms with Gasteiger partial charge in [-0.3, -0.25) is 25.0 Å². The maximum Gasteiger partial charge on any atom is 0.283 e. The summed E-state index contributed by atoms with van der Waals surface area (Å²) in [5.41, 5.74) is 1.05. The third-order valence-corrected chi connectivity index (χ3v) is 6.84. The summed E-state index contributed by atoms with van der Waals surface area (Å²) in [6.07, 6.45) is 0. The Balaban J connectivity index is 1.60. The zero-order valence-corrected chi connectivity index (χ0v) is 23.2. The molecule has 0 spiro atoms. The Kier molecular flexibility index (Phi) is 8.55. The average molecular weight is 576 g/mol. The van der Waals surface area contributed by atoms with Gasteiger partial charge < -0.3 is 4.84 Å². The number of hydrogen-bond acceptors (Lipinski definition) is 8. The number of imide groups is 1. The fraction of sp³-hybridized carbons (Fsp3) is 0.0625. The second-order valence-electron chi connectivity index (χ2n) is 9.06. The Morgan fingerprint density at radius 2 is 1.21 bits per heavy atom. The van der Waals surface area contributed by atoms with Crippen LogP contribution in [-0.2, 0) is 20.0 Å². The molecule has 0 atom stereocenters. The van der Waals surface area contributed by atoms with Crippen LogP contribution in [0.1, 0.15) is 39.8 Å². The number of anilines is 1. The van der Waals surface area contributed by atoms with Crippen LogP contribution in [0.15, 0.2) is 126 Å². The number of rotatable bonds is 9. The van der Waals surface area contributed by atoms with E-state index in [0.717, 1.165) is 28.2 Å². The van der Waals surface area contributed by atoms with Gasteiger partial charge in [0.2, 0.25) is 28.2 Å². The number of nitrogens with one attached hydrogen (secondary N) is 2. The molecule has 1 heterocycles. The first kappa shape index (κ1) is 28.1.